The molecular weight excluding hydrogens is 508 g/mol. The zero-order chi connectivity index (χ0) is 24.5. The Balaban J connectivity index is 1.47. The summed E-state index contributed by atoms with van der Waals surface area (Å²) in [6.45, 7) is -0.243. The Morgan fingerprint density at radius 1 is 1.24 bits per heavy atom. The third kappa shape index (κ3) is 5.35. The van der Waals surface area contributed by atoms with Gasteiger partial charge >= 0.3 is 5.97 Å². The van der Waals surface area contributed by atoms with Gasteiger partial charge in [0.1, 0.15) is 18.2 Å². The predicted molar refractivity (Wildman–Crippen MR) is 124 cm³/mol. The number of hydrogen-bond acceptors (Lipinski definition) is 6. The number of aliphatic carboxylic acids is 1. The van der Waals surface area contributed by atoms with Gasteiger partial charge in [-0.1, -0.05) is 23.2 Å². The van der Waals surface area contributed by atoms with Crippen LogP contribution in [0.25, 0.3) is 0 Å². The normalized spacial score (nSPS) is 15.7. The summed E-state index contributed by atoms with van der Waals surface area (Å²) in [7, 11) is -3.76. The summed E-state index contributed by atoms with van der Waals surface area (Å²) in [5.74, 6) is -2.03. The molecule has 0 bridgehead atoms. The average Bonchev–Trinajstić information content (AvgIpc) is 3.18. The van der Waals surface area contributed by atoms with Crippen LogP contribution in [-0.4, -0.2) is 35.2 Å². The van der Waals surface area contributed by atoms with Crippen LogP contribution in [0.1, 0.15) is 30.1 Å². The van der Waals surface area contributed by atoms with Gasteiger partial charge in [-0.25, -0.2) is 12.8 Å². The van der Waals surface area contributed by atoms with Crippen molar-refractivity contribution in [2.75, 3.05) is 5.88 Å². The van der Waals surface area contributed by atoms with Crippen molar-refractivity contribution in [3.63, 3.8) is 0 Å². The molecule has 0 aliphatic heterocycles. The number of ether oxygens (including phenoxy) is 1. The lowest BCUT2D eigenvalue weighted by Crippen LogP contribution is -2.30. The van der Waals surface area contributed by atoms with Crippen molar-refractivity contribution < 1.29 is 27.4 Å². The van der Waals surface area contributed by atoms with Crippen molar-refractivity contribution >= 4 is 39.0 Å². The molecular formula is C22H20Cl2FN3O5S. The Morgan fingerprint density at radius 2 is 2.00 bits per heavy atom. The van der Waals surface area contributed by atoms with Crippen LogP contribution in [0.2, 0.25) is 10.0 Å². The van der Waals surface area contributed by atoms with Gasteiger partial charge in [0.15, 0.2) is 21.4 Å². The Kier molecular flexibility index (Phi) is 7.13. The van der Waals surface area contributed by atoms with Crippen molar-refractivity contribution in [1.29, 1.82) is 0 Å². The van der Waals surface area contributed by atoms with Gasteiger partial charge < -0.3 is 9.84 Å². The molecule has 2 aromatic carbocycles. The standard InChI is InChI=1S/C22H20Cl2FN3O5S/c23-13-4-6-21(17(25)8-13)33-20-7-5-14(9-16(20)24)34(31,32)12-26-18-2-1-3-19-15(18)10-27-28(19)11-22(29)30/h4-10,18,26H,1-3,11-12H2,(H,29,30)/t18-/m1/s1. The molecule has 34 heavy (non-hydrogen) atoms. The molecule has 0 radical (unpaired) electrons. The van der Waals surface area contributed by atoms with Gasteiger partial charge in [0, 0.05) is 22.3 Å². The van der Waals surface area contributed by atoms with Gasteiger partial charge in [0.25, 0.3) is 0 Å². The largest absolute Gasteiger partial charge is 0.480 e. The number of nitrogens with one attached hydrogen (secondary N) is 1. The second-order valence-electron chi connectivity index (χ2n) is 7.78. The molecule has 0 amide bonds. The summed E-state index contributed by atoms with van der Waals surface area (Å²) in [4.78, 5) is 11.0. The molecule has 0 saturated carbocycles. The van der Waals surface area contributed by atoms with E-state index in [0.29, 0.717) is 12.8 Å². The van der Waals surface area contributed by atoms with Crippen molar-refractivity contribution in [2.24, 2.45) is 0 Å². The Morgan fingerprint density at radius 3 is 2.71 bits per heavy atom. The molecule has 180 valence electrons. The maximum Gasteiger partial charge on any atom is 0.325 e. The smallest absolute Gasteiger partial charge is 0.325 e. The number of sulfone groups is 1. The monoisotopic (exact) mass is 527 g/mol. The molecule has 1 atom stereocenters. The molecule has 2 N–H and O–H groups in total. The molecule has 1 heterocycles. The minimum atomic E-state index is -3.76. The van der Waals surface area contributed by atoms with E-state index in [1.54, 1.807) is 6.20 Å². The van der Waals surface area contributed by atoms with E-state index >= 15 is 0 Å². The quantitative estimate of drug-likeness (QED) is 0.440. The SMILES string of the molecule is O=C(O)Cn1ncc2c1CCC[C@H]2NCS(=O)(=O)c1ccc(Oc2ccc(Cl)cc2F)c(Cl)c1. The maximum absolute atomic E-state index is 14.0. The van der Waals surface area contributed by atoms with Crippen molar-refractivity contribution in [2.45, 2.75) is 36.7 Å². The summed E-state index contributed by atoms with van der Waals surface area (Å²) in [6, 6.07) is 7.57. The number of carboxylic acids is 1. The second-order valence-corrected chi connectivity index (χ2v) is 10.6. The van der Waals surface area contributed by atoms with E-state index in [-0.39, 0.29) is 44.9 Å². The van der Waals surface area contributed by atoms with Crippen LogP contribution in [-0.2, 0) is 27.6 Å². The highest BCUT2D eigenvalue weighted by Crippen LogP contribution is 2.34. The minimum Gasteiger partial charge on any atom is -0.480 e. The summed E-state index contributed by atoms with van der Waals surface area (Å²) in [5, 5.41) is 16.4. The number of aromatic nitrogens is 2. The van der Waals surface area contributed by atoms with E-state index in [0.717, 1.165) is 23.7 Å². The first-order valence-corrected chi connectivity index (χ1v) is 12.7. The van der Waals surface area contributed by atoms with Crippen molar-refractivity contribution in [3.8, 4) is 11.5 Å². The number of carboxylic acid groups (broad SMARTS) is 1. The van der Waals surface area contributed by atoms with E-state index in [9.17, 15) is 17.6 Å². The molecule has 3 aromatic rings. The third-order valence-electron chi connectivity index (χ3n) is 5.44. The molecule has 8 nitrogen and oxygen atoms in total. The average molecular weight is 528 g/mol. The van der Waals surface area contributed by atoms with E-state index in [1.165, 1.54) is 35.0 Å². The summed E-state index contributed by atoms with van der Waals surface area (Å²) in [5.41, 5.74) is 1.59. The van der Waals surface area contributed by atoms with Gasteiger partial charge in [0.05, 0.1) is 16.1 Å². The lowest BCUT2D eigenvalue weighted by atomic mass is 9.93. The minimum absolute atomic E-state index is 0.00493. The Labute approximate surface area is 205 Å². The number of benzene rings is 2. The van der Waals surface area contributed by atoms with E-state index in [1.807, 2.05) is 0 Å². The highest BCUT2D eigenvalue weighted by atomic mass is 35.5. The van der Waals surface area contributed by atoms with Gasteiger partial charge in [0.2, 0.25) is 0 Å². The zero-order valence-corrected chi connectivity index (χ0v) is 20.0. The molecule has 1 aromatic heterocycles. The lowest BCUT2D eigenvalue weighted by molar-refractivity contribution is -0.137. The summed E-state index contributed by atoms with van der Waals surface area (Å²) < 4.78 is 46.7. The number of nitrogens with zero attached hydrogens (tertiary/aromatic N) is 2. The summed E-state index contributed by atoms with van der Waals surface area (Å²) >= 11 is 11.9. The van der Waals surface area contributed by atoms with Crippen LogP contribution < -0.4 is 10.1 Å². The zero-order valence-electron chi connectivity index (χ0n) is 17.7. The van der Waals surface area contributed by atoms with Gasteiger partial charge in [-0.05, 0) is 55.7 Å². The van der Waals surface area contributed by atoms with E-state index in [2.05, 4.69) is 10.4 Å². The maximum atomic E-state index is 14.0. The highest BCUT2D eigenvalue weighted by molar-refractivity contribution is 7.91. The number of rotatable bonds is 8. The fraction of sp³-hybridized carbons (Fsp3) is 0.273. The van der Waals surface area contributed by atoms with Gasteiger partial charge in [-0.2, -0.15) is 5.10 Å². The van der Waals surface area contributed by atoms with Crippen LogP contribution >= 0.6 is 23.2 Å². The first-order valence-electron chi connectivity index (χ1n) is 10.3. The van der Waals surface area contributed by atoms with Gasteiger partial charge in [-0.15, -0.1) is 0 Å². The molecule has 0 fully saturated rings. The second kappa shape index (κ2) is 9.91. The number of fused-ring (bicyclic) bond motifs is 1. The lowest BCUT2D eigenvalue weighted by Gasteiger charge is -2.24. The first-order chi connectivity index (χ1) is 16.1. The predicted octanol–water partition coefficient (Wildman–Crippen LogP) is 4.60. The molecule has 1 aliphatic carbocycles. The molecule has 0 unspecified atom stereocenters. The first kappa shape index (κ1) is 24.5. The Hall–Kier alpha value is -2.66. The van der Waals surface area contributed by atoms with E-state index in [4.69, 9.17) is 33.0 Å². The molecule has 12 heteroatoms. The molecule has 0 spiro atoms. The van der Waals surface area contributed by atoms with Crippen LogP contribution in [0, 0.1) is 5.82 Å². The fourth-order valence-electron chi connectivity index (χ4n) is 3.82. The fourth-order valence-corrected chi connectivity index (χ4v) is 5.43. The van der Waals surface area contributed by atoms with Crippen molar-refractivity contribution in [1.82, 2.24) is 15.1 Å². The number of halogens is 3. The van der Waals surface area contributed by atoms with Crippen LogP contribution in [0.3, 0.4) is 0 Å². The number of hydrogen-bond donors (Lipinski definition) is 2. The molecule has 0 saturated heterocycles. The topological polar surface area (TPSA) is 111 Å². The van der Waals surface area contributed by atoms with E-state index < -0.39 is 21.6 Å². The highest BCUT2D eigenvalue weighted by Gasteiger charge is 2.27. The van der Waals surface area contributed by atoms with Crippen molar-refractivity contribution in [3.05, 3.63) is 69.7 Å². The number of carbonyl (C=O) groups is 1. The molecule has 1 aliphatic rings. The summed E-state index contributed by atoms with van der Waals surface area (Å²) in [6.07, 6.45) is 3.73. The van der Waals surface area contributed by atoms with Gasteiger partial charge in [-0.3, -0.25) is 14.8 Å². The van der Waals surface area contributed by atoms with Crippen LogP contribution in [0.15, 0.2) is 47.5 Å². The Bertz CT molecular complexity index is 1350. The van der Waals surface area contributed by atoms with Crippen LogP contribution in [0.4, 0.5) is 4.39 Å². The van der Waals surface area contributed by atoms with Crippen LogP contribution in [0.5, 0.6) is 11.5 Å². The third-order valence-corrected chi connectivity index (χ3v) is 7.49. The molecule has 4 rings (SSSR count).